The van der Waals surface area contributed by atoms with Crippen molar-refractivity contribution in [2.75, 3.05) is 0 Å². The van der Waals surface area contributed by atoms with Crippen LogP contribution in [0, 0.1) is 6.42 Å². The van der Waals surface area contributed by atoms with E-state index in [9.17, 15) is 0 Å². The molecule has 0 aliphatic carbocycles. The Morgan fingerprint density at radius 3 is 1.06 bits per heavy atom. The molecule has 0 spiro atoms. The van der Waals surface area contributed by atoms with Crippen molar-refractivity contribution < 1.29 is 0 Å². The summed E-state index contributed by atoms with van der Waals surface area (Å²) in [5, 5.41) is 0. The molecule has 0 aliphatic rings. The van der Waals surface area contributed by atoms with Gasteiger partial charge in [0.1, 0.15) is 17.5 Å². The van der Waals surface area contributed by atoms with Gasteiger partial charge in [0.25, 0.3) is 0 Å². The molecule has 0 aromatic carbocycles. The summed E-state index contributed by atoms with van der Waals surface area (Å²) in [5.74, 6) is 2.88. The molecule has 0 unspecified atom stereocenters. The van der Waals surface area contributed by atoms with Gasteiger partial charge in [0.15, 0.2) is 0 Å². The summed E-state index contributed by atoms with van der Waals surface area (Å²) < 4.78 is 0. The highest BCUT2D eigenvalue weighted by atomic mass is 15.0. The Morgan fingerprint density at radius 1 is 0.438 bits per heavy atom. The van der Waals surface area contributed by atoms with Crippen LogP contribution >= 0.6 is 0 Å². The van der Waals surface area contributed by atoms with Crippen LogP contribution in [0.25, 0.3) is 0 Å². The first-order valence-electron chi connectivity index (χ1n) is 14.3. The number of aryl methyl sites for hydroxylation is 2. The number of nitrogens with zero attached hydrogens (tertiary/aromatic N) is 3. The summed E-state index contributed by atoms with van der Waals surface area (Å²) in [5.41, 5.74) is 0. The molecule has 1 heterocycles. The Bertz CT molecular complexity index is 487. The third-order valence-corrected chi connectivity index (χ3v) is 6.51. The van der Waals surface area contributed by atoms with E-state index in [2.05, 4.69) is 23.8 Å². The molecule has 0 amide bonds. The summed E-state index contributed by atoms with van der Waals surface area (Å²) in [6.45, 7) is 6.61. The zero-order chi connectivity index (χ0) is 23.1. The zero-order valence-electron chi connectivity index (χ0n) is 22.0. The molecule has 0 atom stereocenters. The Kier molecular flexibility index (Phi) is 19.8. The van der Waals surface area contributed by atoms with E-state index in [0.717, 1.165) is 30.3 Å². The highest BCUT2D eigenvalue weighted by Crippen LogP contribution is 2.14. The fourth-order valence-corrected chi connectivity index (χ4v) is 4.38. The Morgan fingerprint density at radius 2 is 0.750 bits per heavy atom. The third kappa shape index (κ3) is 16.6. The second-order valence-corrected chi connectivity index (χ2v) is 9.68. The second-order valence-electron chi connectivity index (χ2n) is 9.68. The van der Waals surface area contributed by atoms with Gasteiger partial charge < -0.3 is 0 Å². The van der Waals surface area contributed by atoms with Gasteiger partial charge in [-0.15, -0.1) is 0 Å². The van der Waals surface area contributed by atoms with Gasteiger partial charge >= 0.3 is 0 Å². The number of aromatic nitrogens is 3. The van der Waals surface area contributed by atoms with E-state index in [1.54, 1.807) is 0 Å². The molecule has 3 heteroatoms. The first kappa shape index (κ1) is 29.0. The highest BCUT2D eigenvalue weighted by molar-refractivity contribution is 5.04. The van der Waals surface area contributed by atoms with Crippen molar-refractivity contribution in [2.45, 2.75) is 162 Å². The predicted molar refractivity (Wildman–Crippen MR) is 140 cm³/mol. The molecule has 0 fully saturated rings. The Labute approximate surface area is 201 Å². The molecule has 0 N–H and O–H groups in total. The lowest BCUT2D eigenvalue weighted by atomic mass is 10.1. The van der Waals surface area contributed by atoms with Gasteiger partial charge in [0.2, 0.25) is 0 Å². The first-order valence-corrected chi connectivity index (χ1v) is 14.3. The van der Waals surface area contributed by atoms with Crippen molar-refractivity contribution in [3.63, 3.8) is 0 Å². The molecule has 1 aromatic heterocycles. The summed E-state index contributed by atoms with van der Waals surface area (Å²) in [7, 11) is 0. The van der Waals surface area contributed by atoms with E-state index < -0.39 is 0 Å². The van der Waals surface area contributed by atoms with Crippen LogP contribution in [0.1, 0.15) is 167 Å². The minimum Gasteiger partial charge on any atom is -0.218 e. The summed E-state index contributed by atoms with van der Waals surface area (Å²) in [4.78, 5) is 14.1. The van der Waals surface area contributed by atoms with E-state index in [-0.39, 0.29) is 0 Å². The zero-order valence-corrected chi connectivity index (χ0v) is 22.0. The molecule has 1 rings (SSSR count). The second kappa shape index (κ2) is 21.8. The maximum absolute atomic E-state index is 4.79. The van der Waals surface area contributed by atoms with Gasteiger partial charge in [-0.3, -0.25) is 0 Å². The predicted octanol–water partition coefficient (Wildman–Crippen LogP) is 9.37. The normalized spacial score (nSPS) is 11.3. The molecule has 0 aliphatic heterocycles. The molecule has 1 aromatic rings. The summed E-state index contributed by atoms with van der Waals surface area (Å²) >= 11 is 0. The fourth-order valence-electron chi connectivity index (χ4n) is 4.38. The molecule has 0 bridgehead atoms. The van der Waals surface area contributed by atoms with Crippen LogP contribution in [0.15, 0.2) is 0 Å². The SMILES string of the molecule is C[CH]c1nc(CCCCCCCCCCCC)nc(CCCCCCCCCCCC)n1. The lowest BCUT2D eigenvalue weighted by Crippen LogP contribution is -2.07. The van der Waals surface area contributed by atoms with Crippen molar-refractivity contribution in [1.82, 2.24) is 15.0 Å². The van der Waals surface area contributed by atoms with E-state index in [0.29, 0.717) is 0 Å². The standard InChI is InChI=1S/C29H54N3/c1-4-7-9-11-13-15-17-19-21-23-25-28-30-27(6-3)31-29(32-28)26-24-22-20-18-16-14-12-10-8-5-2/h6H,4-5,7-26H2,1-3H3. The van der Waals surface area contributed by atoms with Crippen molar-refractivity contribution in [3.05, 3.63) is 23.9 Å². The van der Waals surface area contributed by atoms with Gasteiger partial charge in [-0.2, -0.15) is 0 Å². The molecular formula is C29H54N3. The maximum atomic E-state index is 4.79. The summed E-state index contributed by atoms with van der Waals surface area (Å²) in [6.07, 6.45) is 31.4. The number of hydrogen-bond donors (Lipinski definition) is 0. The van der Waals surface area contributed by atoms with Crippen molar-refractivity contribution in [3.8, 4) is 0 Å². The number of unbranched alkanes of at least 4 members (excludes halogenated alkanes) is 18. The van der Waals surface area contributed by atoms with Crippen molar-refractivity contribution in [2.24, 2.45) is 0 Å². The monoisotopic (exact) mass is 444 g/mol. The Hall–Kier alpha value is -0.990. The minimum atomic E-state index is 0.865. The maximum Gasteiger partial charge on any atom is 0.136 e. The molecule has 0 saturated carbocycles. The van der Waals surface area contributed by atoms with Crippen LogP contribution < -0.4 is 0 Å². The molecule has 3 nitrogen and oxygen atoms in total. The van der Waals surface area contributed by atoms with Crippen LogP contribution in [0.2, 0.25) is 0 Å². The molecule has 0 saturated heterocycles. The van der Waals surface area contributed by atoms with Crippen LogP contribution in [0.5, 0.6) is 0 Å². The van der Waals surface area contributed by atoms with Gasteiger partial charge in [-0.25, -0.2) is 15.0 Å². The largest absolute Gasteiger partial charge is 0.218 e. The average Bonchev–Trinajstić information content (AvgIpc) is 2.81. The fraction of sp³-hybridized carbons (Fsp3) is 0.862. The van der Waals surface area contributed by atoms with E-state index in [1.165, 1.54) is 128 Å². The molecule has 185 valence electrons. The van der Waals surface area contributed by atoms with E-state index >= 15 is 0 Å². The minimum absolute atomic E-state index is 0.865. The number of rotatable bonds is 23. The molecule has 1 radical (unpaired) electrons. The highest BCUT2D eigenvalue weighted by Gasteiger charge is 2.06. The van der Waals surface area contributed by atoms with Crippen LogP contribution in [0.4, 0.5) is 0 Å². The average molecular weight is 445 g/mol. The van der Waals surface area contributed by atoms with Crippen LogP contribution in [-0.2, 0) is 12.8 Å². The third-order valence-electron chi connectivity index (χ3n) is 6.51. The van der Waals surface area contributed by atoms with Gasteiger partial charge in [0.05, 0.1) is 0 Å². The molecule has 32 heavy (non-hydrogen) atoms. The van der Waals surface area contributed by atoms with Gasteiger partial charge in [-0.05, 0) is 12.8 Å². The van der Waals surface area contributed by atoms with Crippen molar-refractivity contribution in [1.29, 1.82) is 0 Å². The quantitative estimate of drug-likeness (QED) is 0.158. The van der Waals surface area contributed by atoms with E-state index in [4.69, 9.17) is 4.98 Å². The molecular weight excluding hydrogens is 390 g/mol. The van der Waals surface area contributed by atoms with Gasteiger partial charge in [-0.1, -0.05) is 136 Å². The smallest absolute Gasteiger partial charge is 0.136 e. The Balaban J connectivity index is 2.13. The summed E-state index contributed by atoms with van der Waals surface area (Å²) in [6, 6.07) is 0. The number of hydrogen-bond acceptors (Lipinski definition) is 3. The van der Waals surface area contributed by atoms with Crippen LogP contribution in [-0.4, -0.2) is 15.0 Å². The topological polar surface area (TPSA) is 38.7 Å². The van der Waals surface area contributed by atoms with Crippen molar-refractivity contribution >= 4 is 0 Å². The van der Waals surface area contributed by atoms with Crippen LogP contribution in [0.3, 0.4) is 0 Å². The lowest BCUT2D eigenvalue weighted by Gasteiger charge is -2.07. The lowest BCUT2D eigenvalue weighted by molar-refractivity contribution is 0.549. The van der Waals surface area contributed by atoms with Gasteiger partial charge in [0, 0.05) is 19.3 Å². The first-order chi connectivity index (χ1) is 15.8. The van der Waals surface area contributed by atoms with E-state index in [1.807, 2.05) is 13.3 Å².